The summed E-state index contributed by atoms with van der Waals surface area (Å²) >= 11 is -1.84. The van der Waals surface area contributed by atoms with E-state index in [0.717, 1.165) is 12.1 Å². The molecule has 9 heteroatoms. The first-order chi connectivity index (χ1) is 12.4. The second kappa shape index (κ2) is 8.07. The fourth-order valence-corrected chi connectivity index (χ4v) is 9.89. The number of halogens is 3. The zero-order valence-electron chi connectivity index (χ0n) is 14.5. The molecule has 0 amide bonds. The van der Waals surface area contributed by atoms with Crippen molar-refractivity contribution in [3.63, 3.8) is 0 Å². The molecule has 2 atom stereocenters. The molecule has 0 heterocycles. The van der Waals surface area contributed by atoms with Gasteiger partial charge in [0.1, 0.15) is 0 Å². The zero-order valence-corrected chi connectivity index (χ0v) is 17.4. The second-order valence-electron chi connectivity index (χ2n) is 6.28. The van der Waals surface area contributed by atoms with Gasteiger partial charge in [-0.1, -0.05) is 0 Å². The van der Waals surface area contributed by atoms with Gasteiger partial charge in [0.05, 0.1) is 0 Å². The van der Waals surface area contributed by atoms with Crippen LogP contribution in [0.2, 0.25) is 4.71 Å². The Morgan fingerprint density at radius 2 is 1.41 bits per heavy atom. The Morgan fingerprint density at radius 3 is 1.78 bits per heavy atom. The zero-order chi connectivity index (χ0) is 20.4. The van der Waals surface area contributed by atoms with Crippen LogP contribution in [0.5, 0.6) is 0 Å². The molecule has 146 valence electrons. The summed E-state index contributed by atoms with van der Waals surface area (Å²) in [6.07, 6.45) is -4.42. The van der Waals surface area contributed by atoms with Gasteiger partial charge in [-0.25, -0.2) is 0 Å². The summed E-state index contributed by atoms with van der Waals surface area (Å²) in [7, 11) is -3.68. The van der Waals surface area contributed by atoms with Gasteiger partial charge in [-0.3, -0.25) is 0 Å². The molecule has 0 aliphatic carbocycles. The molecule has 0 saturated heterocycles. The van der Waals surface area contributed by atoms with Gasteiger partial charge in [0, 0.05) is 0 Å². The number of hydrogen-bond acceptors (Lipinski definition) is 3. The van der Waals surface area contributed by atoms with E-state index in [0.29, 0.717) is 11.1 Å². The van der Waals surface area contributed by atoms with E-state index in [1.165, 1.54) is 36.4 Å². The number of carboxylic acid groups (broad SMARTS) is 1. The molecule has 2 aromatic rings. The average Bonchev–Trinajstić information content (AvgIpc) is 2.59. The number of alkyl halides is 3. The fourth-order valence-electron chi connectivity index (χ4n) is 2.39. The van der Waals surface area contributed by atoms with Gasteiger partial charge >= 0.3 is 161 Å². The van der Waals surface area contributed by atoms with Crippen molar-refractivity contribution in [2.75, 3.05) is 0 Å². The molecule has 0 aliphatic heterocycles. The first-order valence-corrected chi connectivity index (χ1v) is 13.2. The topological polar surface area (TPSA) is 71.4 Å². The van der Waals surface area contributed by atoms with E-state index in [9.17, 15) is 31.5 Å². The Kier molecular flexibility index (Phi) is 6.42. The Balaban J connectivity index is 2.25. The molecular formula is C18H18AsF3O4S. The van der Waals surface area contributed by atoms with Crippen molar-refractivity contribution in [2.24, 2.45) is 5.92 Å². The molecule has 0 aromatic heterocycles. The minimum atomic E-state index is -4.42. The maximum atomic E-state index is 12.6. The number of hydrogen-bond donors (Lipinski definition) is 1. The van der Waals surface area contributed by atoms with E-state index in [1.54, 1.807) is 13.8 Å². The van der Waals surface area contributed by atoms with Crippen LogP contribution in [-0.2, 0) is 19.1 Å². The number of benzene rings is 2. The average molecular weight is 462 g/mol. The summed E-state index contributed by atoms with van der Waals surface area (Å²) in [4.78, 5) is 11.3. The fraction of sp³-hybridized carbons (Fsp3) is 0.278. The predicted molar refractivity (Wildman–Crippen MR) is 97.4 cm³/mol. The van der Waals surface area contributed by atoms with Gasteiger partial charge in [-0.05, 0) is 0 Å². The van der Waals surface area contributed by atoms with Crippen molar-refractivity contribution in [2.45, 2.75) is 29.6 Å². The summed E-state index contributed by atoms with van der Waals surface area (Å²) in [5, 5.41) is 9.21. The number of aliphatic carboxylic acids is 1. The third-order valence-corrected chi connectivity index (χ3v) is 12.3. The van der Waals surface area contributed by atoms with Gasteiger partial charge in [0.15, 0.2) is 0 Å². The molecule has 27 heavy (non-hydrogen) atoms. The molecule has 2 rings (SSSR count). The Labute approximate surface area is 161 Å². The van der Waals surface area contributed by atoms with Crippen molar-refractivity contribution in [3.05, 3.63) is 54.1 Å². The molecule has 2 aromatic carbocycles. The van der Waals surface area contributed by atoms with Crippen molar-refractivity contribution in [1.29, 1.82) is 0 Å². The summed E-state index contributed by atoms with van der Waals surface area (Å²) in [6, 6.07) is 10.3. The molecule has 1 N–H and O–H groups in total. The quantitative estimate of drug-likeness (QED) is 0.659. The van der Waals surface area contributed by atoms with E-state index in [-0.39, 0.29) is 10.8 Å². The summed E-state index contributed by atoms with van der Waals surface area (Å²) < 4.78 is 62.0. The number of rotatable bonds is 6. The van der Waals surface area contributed by atoms with E-state index < -0.39 is 45.1 Å². The van der Waals surface area contributed by atoms with Crippen LogP contribution in [0.4, 0.5) is 13.2 Å². The maximum absolute atomic E-state index is 12.6. The van der Waals surface area contributed by atoms with Gasteiger partial charge in [0.25, 0.3) is 0 Å². The van der Waals surface area contributed by atoms with E-state index in [4.69, 9.17) is 0 Å². The van der Waals surface area contributed by atoms with Gasteiger partial charge in [0.2, 0.25) is 0 Å². The Morgan fingerprint density at radius 1 is 0.963 bits per heavy atom. The standard InChI is InChI=1S/C18H18AsF3O4S/c1-11(2)16(17(23)24)19-27(25,26)15-9-5-13(6-10-15)12-3-7-14(8-4-12)18(20,21)22/h3-11,16,19H,1-2H3,(H,23,24). The third-order valence-electron chi connectivity index (χ3n) is 3.93. The molecular weight excluding hydrogens is 444 g/mol. The molecule has 0 spiro atoms. The predicted octanol–water partition coefficient (Wildman–Crippen LogP) is 4.03. The first kappa shape index (κ1) is 21.5. The second-order valence-corrected chi connectivity index (χ2v) is 14.2. The normalized spacial score (nSPS) is 14.0. The van der Waals surface area contributed by atoms with Crippen LogP contribution in [0.3, 0.4) is 0 Å². The van der Waals surface area contributed by atoms with Gasteiger partial charge < -0.3 is 0 Å². The molecule has 0 aliphatic rings. The van der Waals surface area contributed by atoms with Crippen LogP contribution < -0.4 is 0 Å². The summed E-state index contributed by atoms with van der Waals surface area (Å²) in [6.45, 7) is 3.34. The molecule has 0 fully saturated rings. The monoisotopic (exact) mass is 462 g/mol. The SMILES string of the molecule is CC(C)C([AsH]S(=O)(=O)c1ccc(-c2ccc(C(F)(F)F)cc2)cc1)C(=O)O. The first-order valence-electron chi connectivity index (χ1n) is 7.94. The minimum absolute atomic E-state index is 0.0325. The van der Waals surface area contributed by atoms with Crippen LogP contribution >= 0.6 is 0 Å². The molecule has 0 bridgehead atoms. The molecule has 0 saturated carbocycles. The van der Waals surface area contributed by atoms with Gasteiger partial charge in [-0.15, -0.1) is 0 Å². The number of carbonyl (C=O) groups is 1. The van der Waals surface area contributed by atoms with E-state index >= 15 is 0 Å². The summed E-state index contributed by atoms with van der Waals surface area (Å²) in [5.74, 6) is -1.40. The van der Waals surface area contributed by atoms with Crippen LogP contribution in [0.15, 0.2) is 53.4 Å². The summed E-state index contributed by atoms with van der Waals surface area (Å²) in [5.41, 5.74) is 0.333. The van der Waals surface area contributed by atoms with Crippen LogP contribution in [0.25, 0.3) is 11.1 Å². The van der Waals surface area contributed by atoms with Crippen molar-refractivity contribution in [3.8, 4) is 11.1 Å². The van der Waals surface area contributed by atoms with Crippen LogP contribution in [0, 0.1) is 5.92 Å². The van der Waals surface area contributed by atoms with Gasteiger partial charge in [-0.2, -0.15) is 0 Å². The van der Waals surface area contributed by atoms with E-state index in [1.807, 2.05) is 0 Å². The van der Waals surface area contributed by atoms with E-state index in [2.05, 4.69) is 0 Å². The molecule has 4 nitrogen and oxygen atoms in total. The van der Waals surface area contributed by atoms with Crippen LogP contribution in [0.1, 0.15) is 19.4 Å². The van der Waals surface area contributed by atoms with Crippen molar-refractivity contribution >= 4 is 28.7 Å². The Bertz CT molecular complexity index is 905. The van der Waals surface area contributed by atoms with Crippen molar-refractivity contribution in [1.82, 2.24) is 0 Å². The van der Waals surface area contributed by atoms with Crippen molar-refractivity contribution < 1.29 is 31.5 Å². The Hall–Kier alpha value is -1.79. The number of carboxylic acids is 1. The third kappa shape index (κ3) is 5.36. The van der Waals surface area contributed by atoms with Crippen LogP contribution in [-0.4, -0.2) is 34.1 Å². The molecule has 2 unspecified atom stereocenters. The molecule has 0 radical (unpaired) electrons.